The van der Waals surface area contributed by atoms with Crippen LogP contribution in [-0.4, -0.2) is 36.3 Å². The third-order valence-corrected chi connectivity index (χ3v) is 4.97. The van der Waals surface area contributed by atoms with Crippen molar-refractivity contribution < 1.29 is 9.59 Å². The highest BCUT2D eigenvalue weighted by Gasteiger charge is 2.27. The molecule has 3 rings (SSSR count). The maximum absolute atomic E-state index is 13.0. The third kappa shape index (κ3) is 4.95. The number of rotatable bonds is 5. The van der Waals surface area contributed by atoms with Gasteiger partial charge >= 0.3 is 0 Å². The molecule has 142 valence electrons. The molecule has 2 amide bonds. The Balaban J connectivity index is 1.70. The molecule has 1 heterocycles. The molecule has 0 aromatic heterocycles. The van der Waals surface area contributed by atoms with Gasteiger partial charge in [0.05, 0.1) is 12.5 Å². The van der Waals surface area contributed by atoms with Crippen LogP contribution in [-0.2, 0) is 22.4 Å². The first kappa shape index (κ1) is 19.1. The van der Waals surface area contributed by atoms with Crippen LogP contribution in [0.15, 0.2) is 48.5 Å². The number of carbonyl (C=O) groups excluding carboxylic acids is 2. The van der Waals surface area contributed by atoms with E-state index in [0.29, 0.717) is 13.0 Å². The highest BCUT2D eigenvalue weighted by atomic mass is 16.2. The van der Waals surface area contributed by atoms with Crippen molar-refractivity contribution in [1.29, 1.82) is 0 Å². The van der Waals surface area contributed by atoms with Crippen molar-refractivity contribution in [2.45, 2.75) is 32.7 Å². The van der Waals surface area contributed by atoms with E-state index in [1.54, 1.807) is 0 Å². The van der Waals surface area contributed by atoms with Crippen LogP contribution in [0.4, 0.5) is 5.69 Å². The molecule has 1 aliphatic rings. The van der Waals surface area contributed by atoms with Crippen LogP contribution >= 0.6 is 0 Å². The number of anilines is 1. The summed E-state index contributed by atoms with van der Waals surface area (Å²) in [5, 5.41) is 6.15. The van der Waals surface area contributed by atoms with Crippen LogP contribution in [0.1, 0.15) is 36.6 Å². The minimum absolute atomic E-state index is 0.0656. The van der Waals surface area contributed by atoms with E-state index in [0.717, 1.165) is 30.8 Å². The van der Waals surface area contributed by atoms with Crippen molar-refractivity contribution in [3.8, 4) is 0 Å². The Bertz CT molecular complexity index is 784. The van der Waals surface area contributed by atoms with Gasteiger partial charge in [0, 0.05) is 32.2 Å². The van der Waals surface area contributed by atoms with Gasteiger partial charge in [-0.1, -0.05) is 43.3 Å². The second-order valence-electron chi connectivity index (χ2n) is 6.96. The van der Waals surface area contributed by atoms with Crippen molar-refractivity contribution >= 4 is 17.5 Å². The van der Waals surface area contributed by atoms with Gasteiger partial charge < -0.3 is 15.5 Å². The van der Waals surface area contributed by atoms with Crippen LogP contribution in [0.2, 0.25) is 0 Å². The van der Waals surface area contributed by atoms with E-state index in [2.05, 4.69) is 41.8 Å². The Morgan fingerprint density at radius 1 is 1.07 bits per heavy atom. The highest BCUT2D eigenvalue weighted by molar-refractivity contribution is 5.88. The zero-order valence-electron chi connectivity index (χ0n) is 16.0. The lowest BCUT2D eigenvalue weighted by atomic mass is 10.00. The third-order valence-electron chi connectivity index (χ3n) is 4.97. The average molecular weight is 365 g/mol. The van der Waals surface area contributed by atoms with Gasteiger partial charge in [0.1, 0.15) is 0 Å². The second kappa shape index (κ2) is 8.82. The zero-order valence-corrected chi connectivity index (χ0v) is 16.0. The number of benzene rings is 2. The number of amides is 2. The lowest BCUT2D eigenvalue weighted by molar-refractivity contribution is -0.133. The summed E-state index contributed by atoms with van der Waals surface area (Å²) in [6, 6.07) is 16.1. The van der Waals surface area contributed by atoms with E-state index >= 15 is 0 Å². The number of hydrogen-bond acceptors (Lipinski definition) is 3. The van der Waals surface area contributed by atoms with E-state index in [-0.39, 0.29) is 17.9 Å². The predicted molar refractivity (Wildman–Crippen MR) is 108 cm³/mol. The number of hydrogen-bond donors (Lipinski definition) is 2. The summed E-state index contributed by atoms with van der Waals surface area (Å²) in [7, 11) is 0. The summed E-state index contributed by atoms with van der Waals surface area (Å²) in [6.07, 6.45) is 1.38. The van der Waals surface area contributed by atoms with Gasteiger partial charge in [0.2, 0.25) is 11.8 Å². The van der Waals surface area contributed by atoms with Crippen LogP contribution in [0.25, 0.3) is 0 Å². The van der Waals surface area contributed by atoms with Gasteiger partial charge in [0.25, 0.3) is 0 Å². The molecular formula is C22H27N3O2. The summed E-state index contributed by atoms with van der Waals surface area (Å²) in [4.78, 5) is 26.1. The minimum atomic E-state index is -0.100. The molecule has 1 fully saturated rings. The number of carbonyl (C=O) groups is 2. The maximum atomic E-state index is 13.0. The molecule has 27 heavy (non-hydrogen) atoms. The molecule has 2 aromatic carbocycles. The van der Waals surface area contributed by atoms with E-state index < -0.39 is 0 Å². The summed E-state index contributed by atoms with van der Waals surface area (Å²) >= 11 is 0. The van der Waals surface area contributed by atoms with Crippen molar-refractivity contribution in [2.24, 2.45) is 0 Å². The quantitative estimate of drug-likeness (QED) is 0.856. The molecule has 0 radical (unpaired) electrons. The van der Waals surface area contributed by atoms with E-state index in [4.69, 9.17) is 0 Å². The van der Waals surface area contributed by atoms with Gasteiger partial charge in [-0.15, -0.1) is 0 Å². The molecule has 5 heteroatoms. The van der Waals surface area contributed by atoms with E-state index in [1.165, 1.54) is 18.1 Å². The molecule has 2 aromatic rings. The van der Waals surface area contributed by atoms with Gasteiger partial charge in [-0.2, -0.15) is 0 Å². The fourth-order valence-corrected chi connectivity index (χ4v) is 3.46. The Morgan fingerprint density at radius 2 is 1.74 bits per heavy atom. The van der Waals surface area contributed by atoms with Crippen molar-refractivity contribution in [2.75, 3.05) is 25.0 Å². The standard InChI is InChI=1S/C22H27N3O2/c1-3-17-4-8-19(9-5-17)21-15-23-12-13-25(21)22(27)14-18-6-10-20(11-7-18)24-16(2)26/h4-11,21,23H,3,12-15H2,1-2H3,(H,24,26). The molecule has 1 aliphatic heterocycles. The fraction of sp³-hybridized carbons (Fsp3) is 0.364. The van der Waals surface area contributed by atoms with Gasteiger partial charge in [-0.25, -0.2) is 0 Å². The topological polar surface area (TPSA) is 61.4 Å². The van der Waals surface area contributed by atoms with Crippen LogP contribution < -0.4 is 10.6 Å². The maximum Gasteiger partial charge on any atom is 0.227 e. The molecule has 0 bridgehead atoms. The molecular weight excluding hydrogens is 338 g/mol. The Labute approximate surface area is 160 Å². The normalized spacial score (nSPS) is 16.8. The second-order valence-corrected chi connectivity index (χ2v) is 6.96. The minimum Gasteiger partial charge on any atom is -0.333 e. The smallest absolute Gasteiger partial charge is 0.227 e. The van der Waals surface area contributed by atoms with Crippen LogP contribution in [0.3, 0.4) is 0 Å². The zero-order chi connectivity index (χ0) is 19.2. The highest BCUT2D eigenvalue weighted by Crippen LogP contribution is 2.24. The first-order chi connectivity index (χ1) is 13.1. The SMILES string of the molecule is CCc1ccc(C2CNCCN2C(=O)Cc2ccc(NC(C)=O)cc2)cc1. The van der Waals surface area contributed by atoms with Crippen molar-refractivity contribution in [1.82, 2.24) is 10.2 Å². The molecule has 1 saturated heterocycles. The van der Waals surface area contributed by atoms with Crippen LogP contribution in [0.5, 0.6) is 0 Å². The summed E-state index contributed by atoms with van der Waals surface area (Å²) < 4.78 is 0. The predicted octanol–water partition coefficient (Wildman–Crippen LogP) is 2.92. The lowest BCUT2D eigenvalue weighted by Gasteiger charge is -2.36. The lowest BCUT2D eigenvalue weighted by Crippen LogP contribution is -2.49. The molecule has 1 unspecified atom stereocenters. The molecule has 0 saturated carbocycles. The van der Waals surface area contributed by atoms with Crippen LogP contribution in [0, 0.1) is 0 Å². The Kier molecular flexibility index (Phi) is 6.24. The fourth-order valence-electron chi connectivity index (χ4n) is 3.46. The number of aryl methyl sites for hydroxylation is 1. The first-order valence-electron chi connectivity index (χ1n) is 9.52. The Hall–Kier alpha value is -2.66. The molecule has 5 nitrogen and oxygen atoms in total. The van der Waals surface area contributed by atoms with Gasteiger partial charge in [0.15, 0.2) is 0 Å². The summed E-state index contributed by atoms with van der Waals surface area (Å²) in [5.74, 6) is 0.0323. The molecule has 0 spiro atoms. The van der Waals surface area contributed by atoms with E-state index in [9.17, 15) is 9.59 Å². The Morgan fingerprint density at radius 3 is 2.37 bits per heavy atom. The van der Waals surface area contributed by atoms with E-state index in [1.807, 2.05) is 29.2 Å². The average Bonchev–Trinajstić information content (AvgIpc) is 2.69. The summed E-state index contributed by atoms with van der Waals surface area (Å²) in [6.45, 7) is 5.93. The van der Waals surface area contributed by atoms with Crippen molar-refractivity contribution in [3.05, 3.63) is 65.2 Å². The summed E-state index contributed by atoms with van der Waals surface area (Å²) in [5.41, 5.74) is 4.18. The van der Waals surface area contributed by atoms with Crippen molar-refractivity contribution in [3.63, 3.8) is 0 Å². The first-order valence-corrected chi connectivity index (χ1v) is 9.52. The number of piperazine rings is 1. The number of nitrogens with one attached hydrogen (secondary N) is 2. The van der Waals surface area contributed by atoms with Gasteiger partial charge in [-0.05, 0) is 35.2 Å². The monoisotopic (exact) mass is 365 g/mol. The molecule has 2 N–H and O–H groups in total. The largest absolute Gasteiger partial charge is 0.333 e. The molecule has 1 atom stereocenters. The number of nitrogens with zero attached hydrogens (tertiary/aromatic N) is 1. The molecule has 0 aliphatic carbocycles. The van der Waals surface area contributed by atoms with Gasteiger partial charge in [-0.3, -0.25) is 9.59 Å².